The summed E-state index contributed by atoms with van der Waals surface area (Å²) in [4.78, 5) is 4.08. The molecule has 0 spiro atoms. The lowest BCUT2D eigenvalue weighted by atomic mass is 10.2. The highest BCUT2D eigenvalue weighted by molar-refractivity contribution is 5.52. The number of allylic oxidation sites excluding steroid dienone is 1. The summed E-state index contributed by atoms with van der Waals surface area (Å²) in [5, 5.41) is 0.698. The molecule has 0 saturated heterocycles. The molecule has 1 aromatic heterocycles. The second-order valence-corrected chi connectivity index (χ2v) is 2.59. The van der Waals surface area contributed by atoms with Crippen molar-refractivity contribution in [3.8, 4) is 0 Å². The van der Waals surface area contributed by atoms with Gasteiger partial charge in [0.25, 0.3) is 0 Å². The Kier molecular flexibility index (Phi) is 2.48. The van der Waals surface area contributed by atoms with Crippen LogP contribution in [-0.4, -0.2) is 4.98 Å². The van der Waals surface area contributed by atoms with E-state index in [1.807, 2.05) is 13.8 Å². The minimum absolute atomic E-state index is 0.655. The second kappa shape index (κ2) is 3.39. The summed E-state index contributed by atoms with van der Waals surface area (Å²) in [5.41, 5.74) is 1.82. The molecule has 0 bridgehead atoms. The molecule has 1 heterocycles. The Hall–Kier alpha value is -1.31. The molecule has 0 aliphatic heterocycles. The van der Waals surface area contributed by atoms with Crippen LogP contribution in [0.1, 0.15) is 19.2 Å². The van der Waals surface area contributed by atoms with Crippen molar-refractivity contribution in [1.82, 2.24) is 4.98 Å². The van der Waals surface area contributed by atoms with E-state index in [-0.39, 0.29) is 0 Å². The van der Waals surface area contributed by atoms with Crippen LogP contribution in [0.4, 0.5) is 0 Å². The number of aromatic nitrogens is 1. The van der Waals surface area contributed by atoms with Crippen molar-refractivity contribution >= 4 is 12.2 Å². The van der Waals surface area contributed by atoms with Crippen LogP contribution in [-0.2, 0) is 0 Å². The Labute approximate surface area is 71.9 Å². The number of rotatable bonds is 2. The lowest BCUT2D eigenvalue weighted by Gasteiger charge is -1.89. The van der Waals surface area contributed by atoms with E-state index in [0.29, 0.717) is 11.2 Å². The third-order valence-corrected chi connectivity index (χ3v) is 1.72. The average molecular weight is 163 g/mol. The van der Waals surface area contributed by atoms with Crippen molar-refractivity contribution in [2.24, 2.45) is 0 Å². The summed E-state index contributed by atoms with van der Waals surface area (Å²) in [7, 11) is 0. The lowest BCUT2D eigenvalue weighted by Crippen LogP contribution is -2.22. The molecule has 0 atom stereocenters. The zero-order valence-corrected chi connectivity index (χ0v) is 7.55. The highest BCUT2D eigenvalue weighted by atomic mass is 16.3. The molecule has 0 unspecified atom stereocenters. The average Bonchev–Trinajstić information content (AvgIpc) is 2.34. The first-order chi connectivity index (χ1) is 5.69. The first kappa shape index (κ1) is 8.78. The van der Waals surface area contributed by atoms with Gasteiger partial charge in [0.2, 0.25) is 0 Å². The molecule has 2 nitrogen and oxygen atoms in total. The van der Waals surface area contributed by atoms with Crippen LogP contribution in [0, 0.1) is 6.92 Å². The van der Waals surface area contributed by atoms with Crippen molar-refractivity contribution in [3.63, 3.8) is 0 Å². The molecule has 0 aliphatic carbocycles. The van der Waals surface area contributed by atoms with Gasteiger partial charge in [-0.15, -0.1) is 0 Å². The molecular weight excluding hydrogens is 150 g/mol. The smallest absolute Gasteiger partial charge is 0.192 e. The van der Waals surface area contributed by atoms with Crippen LogP contribution < -0.4 is 10.8 Å². The Morgan fingerprint density at radius 1 is 1.67 bits per heavy atom. The topological polar surface area (TPSA) is 26.0 Å². The largest absolute Gasteiger partial charge is 0.441 e. The molecule has 1 aromatic rings. The molecule has 12 heavy (non-hydrogen) atoms. The van der Waals surface area contributed by atoms with Crippen molar-refractivity contribution in [2.75, 3.05) is 0 Å². The molecule has 1 rings (SSSR count). The molecule has 0 aliphatic rings. The fourth-order valence-electron chi connectivity index (χ4n) is 1.12. The van der Waals surface area contributed by atoms with E-state index in [0.717, 1.165) is 17.4 Å². The maximum Gasteiger partial charge on any atom is 0.192 e. The predicted octanol–water partition coefficient (Wildman–Crippen LogP) is 1.14. The minimum atomic E-state index is 0.655. The van der Waals surface area contributed by atoms with Crippen molar-refractivity contribution < 1.29 is 4.42 Å². The van der Waals surface area contributed by atoms with Crippen molar-refractivity contribution in [1.29, 1.82) is 0 Å². The number of oxazole rings is 1. The number of aryl methyl sites for hydroxylation is 1. The van der Waals surface area contributed by atoms with Gasteiger partial charge < -0.3 is 4.42 Å². The number of hydrogen-bond donors (Lipinski definition) is 0. The molecular formula is C10H13NO. The van der Waals surface area contributed by atoms with Gasteiger partial charge >= 0.3 is 0 Å². The van der Waals surface area contributed by atoms with Gasteiger partial charge in [0.15, 0.2) is 11.3 Å². The van der Waals surface area contributed by atoms with E-state index in [2.05, 4.69) is 18.1 Å². The molecule has 0 radical (unpaired) electrons. The third-order valence-electron chi connectivity index (χ3n) is 1.72. The molecule has 2 heteroatoms. The number of hydrogen-bond acceptors (Lipinski definition) is 2. The standard InChI is InChI=1S/C10H13NO/c1-5-9(6-2)10-7(3)11-8(4)12-10/h5H,1,3,6H2,2,4H3/b10-9-. The molecule has 64 valence electrons. The van der Waals surface area contributed by atoms with Crippen LogP contribution in [0.15, 0.2) is 17.1 Å². The Morgan fingerprint density at radius 2 is 2.33 bits per heavy atom. The zero-order valence-electron chi connectivity index (χ0n) is 7.55. The molecule has 0 amide bonds. The number of nitrogens with zero attached hydrogens (tertiary/aromatic N) is 1. The summed E-state index contributed by atoms with van der Waals surface area (Å²) in [5.74, 6) is 0.655. The summed E-state index contributed by atoms with van der Waals surface area (Å²) in [6.07, 6.45) is 2.68. The zero-order chi connectivity index (χ0) is 9.14. The molecule has 0 N–H and O–H groups in total. The fraction of sp³-hybridized carbons (Fsp3) is 0.300. The van der Waals surface area contributed by atoms with Gasteiger partial charge in [0, 0.05) is 6.92 Å². The quantitative estimate of drug-likeness (QED) is 0.653. The van der Waals surface area contributed by atoms with Crippen LogP contribution in [0.2, 0.25) is 0 Å². The van der Waals surface area contributed by atoms with E-state index < -0.39 is 0 Å². The van der Waals surface area contributed by atoms with E-state index in [4.69, 9.17) is 4.42 Å². The summed E-state index contributed by atoms with van der Waals surface area (Å²) >= 11 is 0. The SMILES string of the molecule is C=C/C(CC)=c1/oc(C)nc1=C. The monoisotopic (exact) mass is 163 g/mol. The highest BCUT2D eigenvalue weighted by Crippen LogP contribution is 1.98. The third kappa shape index (κ3) is 1.47. The maximum absolute atomic E-state index is 5.38. The first-order valence-electron chi connectivity index (χ1n) is 3.97. The second-order valence-electron chi connectivity index (χ2n) is 2.59. The van der Waals surface area contributed by atoms with E-state index in [1.54, 1.807) is 6.08 Å². The van der Waals surface area contributed by atoms with E-state index in [1.165, 1.54) is 0 Å². The van der Waals surface area contributed by atoms with Gasteiger partial charge in [-0.05, 0) is 12.0 Å². The minimum Gasteiger partial charge on any atom is -0.441 e. The fourth-order valence-corrected chi connectivity index (χ4v) is 1.12. The normalized spacial score (nSPS) is 12.8. The van der Waals surface area contributed by atoms with Gasteiger partial charge in [-0.1, -0.05) is 26.2 Å². The maximum atomic E-state index is 5.38. The van der Waals surface area contributed by atoms with Gasteiger partial charge in [-0.25, -0.2) is 4.98 Å². The summed E-state index contributed by atoms with van der Waals surface area (Å²) < 4.78 is 5.38. The highest BCUT2D eigenvalue weighted by Gasteiger charge is 1.97. The Bertz CT molecular complexity index is 386. The van der Waals surface area contributed by atoms with Crippen LogP contribution >= 0.6 is 0 Å². The van der Waals surface area contributed by atoms with Gasteiger partial charge in [0.1, 0.15) is 5.35 Å². The first-order valence-corrected chi connectivity index (χ1v) is 3.97. The van der Waals surface area contributed by atoms with Gasteiger partial charge in [0.05, 0.1) is 0 Å². The lowest BCUT2D eigenvalue weighted by molar-refractivity contribution is 0.489. The molecule has 0 aromatic carbocycles. The van der Waals surface area contributed by atoms with Crippen LogP contribution in [0.25, 0.3) is 12.2 Å². The van der Waals surface area contributed by atoms with Gasteiger partial charge in [-0.2, -0.15) is 0 Å². The Balaban J connectivity index is 3.51. The summed E-state index contributed by atoms with van der Waals surface area (Å²) in [6.45, 7) is 11.4. The van der Waals surface area contributed by atoms with Crippen molar-refractivity contribution in [2.45, 2.75) is 20.3 Å². The Morgan fingerprint density at radius 3 is 2.67 bits per heavy atom. The molecule has 0 saturated carbocycles. The molecule has 0 fully saturated rings. The van der Waals surface area contributed by atoms with E-state index >= 15 is 0 Å². The predicted molar refractivity (Wildman–Crippen MR) is 49.9 cm³/mol. The van der Waals surface area contributed by atoms with E-state index in [9.17, 15) is 0 Å². The van der Waals surface area contributed by atoms with Crippen LogP contribution in [0.5, 0.6) is 0 Å². The van der Waals surface area contributed by atoms with Crippen molar-refractivity contribution in [3.05, 3.63) is 29.3 Å². The van der Waals surface area contributed by atoms with Crippen LogP contribution in [0.3, 0.4) is 0 Å². The van der Waals surface area contributed by atoms with Gasteiger partial charge in [-0.3, -0.25) is 0 Å². The summed E-state index contributed by atoms with van der Waals surface area (Å²) in [6, 6.07) is 0.